The first-order valence-corrected chi connectivity index (χ1v) is 10.8. The number of hydrogen-bond donors (Lipinski definition) is 1. The zero-order valence-electron chi connectivity index (χ0n) is 17.0. The summed E-state index contributed by atoms with van der Waals surface area (Å²) in [5.74, 6) is 4.35. The van der Waals surface area contributed by atoms with Gasteiger partial charge in [0.15, 0.2) is 5.96 Å². The van der Waals surface area contributed by atoms with Crippen LogP contribution in [-0.4, -0.2) is 80.7 Å². The topological polar surface area (TPSA) is 40.1 Å². The zero-order valence-corrected chi connectivity index (χ0v) is 17.8. The minimum Gasteiger partial charge on any atom is -0.497 e. The molecule has 1 aromatic carbocycles. The minimum absolute atomic E-state index is 0.234. The van der Waals surface area contributed by atoms with Crippen molar-refractivity contribution in [2.75, 3.05) is 59.4 Å². The summed E-state index contributed by atoms with van der Waals surface area (Å²) in [6, 6.07) is 8.33. The van der Waals surface area contributed by atoms with Gasteiger partial charge in [0.25, 0.3) is 0 Å². The first kappa shape index (κ1) is 20.1. The Labute approximate surface area is 167 Å². The van der Waals surface area contributed by atoms with Crippen molar-refractivity contribution in [2.45, 2.75) is 18.4 Å². The van der Waals surface area contributed by atoms with Gasteiger partial charge in [-0.3, -0.25) is 4.99 Å². The maximum Gasteiger partial charge on any atom is 0.194 e. The van der Waals surface area contributed by atoms with Crippen LogP contribution in [0.4, 0.5) is 0 Å². The Balaban J connectivity index is 1.62. The van der Waals surface area contributed by atoms with Crippen molar-refractivity contribution >= 4 is 23.3 Å². The average molecular weight is 389 g/mol. The summed E-state index contributed by atoms with van der Waals surface area (Å²) in [6.07, 6.45) is 4.56. The van der Waals surface area contributed by atoms with Gasteiger partial charge in [-0.1, -0.05) is 18.2 Å². The molecule has 0 aromatic heterocycles. The van der Waals surface area contributed by atoms with Crippen LogP contribution in [0.3, 0.4) is 0 Å². The van der Waals surface area contributed by atoms with Crippen molar-refractivity contribution in [1.82, 2.24) is 15.1 Å². The van der Waals surface area contributed by atoms with Crippen molar-refractivity contribution in [3.8, 4) is 5.75 Å². The molecule has 1 fully saturated rings. The highest BCUT2D eigenvalue weighted by molar-refractivity contribution is 7.99. The van der Waals surface area contributed by atoms with Gasteiger partial charge in [0.2, 0.25) is 0 Å². The summed E-state index contributed by atoms with van der Waals surface area (Å²) in [6.45, 7) is 2.81. The first-order chi connectivity index (χ1) is 13.1. The lowest BCUT2D eigenvalue weighted by Gasteiger charge is -2.38. The molecule has 1 aromatic rings. The summed E-state index contributed by atoms with van der Waals surface area (Å²) in [4.78, 5) is 9.27. The number of ether oxygens (including phenoxy) is 1. The third-order valence-electron chi connectivity index (χ3n) is 5.77. The standard InChI is InChI=1S/C21H32N4OS/c1-22-20(23-15-21(24(2)3)10-13-27-16-21)25-11-8-17(9-12-25)18-6-5-7-19(14-18)26-4/h5-8,14H,9-13,15-16H2,1-4H3,(H,22,23). The van der Waals surface area contributed by atoms with Crippen molar-refractivity contribution in [1.29, 1.82) is 0 Å². The highest BCUT2D eigenvalue weighted by atomic mass is 32.2. The maximum atomic E-state index is 5.36. The van der Waals surface area contributed by atoms with E-state index in [9.17, 15) is 0 Å². The van der Waals surface area contributed by atoms with Gasteiger partial charge >= 0.3 is 0 Å². The number of likely N-dealkylation sites (N-methyl/N-ethyl adjacent to an activating group) is 1. The Morgan fingerprint density at radius 3 is 2.85 bits per heavy atom. The Hall–Kier alpha value is -1.66. The van der Waals surface area contributed by atoms with Crippen LogP contribution >= 0.6 is 11.8 Å². The van der Waals surface area contributed by atoms with Gasteiger partial charge in [-0.25, -0.2) is 0 Å². The van der Waals surface area contributed by atoms with Crippen LogP contribution in [0, 0.1) is 0 Å². The van der Waals surface area contributed by atoms with E-state index < -0.39 is 0 Å². The molecule has 5 nitrogen and oxygen atoms in total. The third kappa shape index (κ3) is 4.61. The molecule has 0 saturated carbocycles. The van der Waals surface area contributed by atoms with Gasteiger partial charge < -0.3 is 19.9 Å². The van der Waals surface area contributed by atoms with E-state index in [1.54, 1.807) is 7.11 Å². The molecular weight excluding hydrogens is 356 g/mol. The molecule has 1 saturated heterocycles. The van der Waals surface area contributed by atoms with E-state index in [1.807, 2.05) is 13.1 Å². The predicted molar refractivity (Wildman–Crippen MR) is 117 cm³/mol. The third-order valence-corrected chi connectivity index (χ3v) is 7.00. The zero-order chi connectivity index (χ0) is 19.3. The number of aliphatic imine (C=N–C) groups is 1. The summed E-state index contributed by atoms with van der Waals surface area (Å²) in [7, 11) is 7.99. The fraction of sp³-hybridized carbons (Fsp3) is 0.571. The van der Waals surface area contributed by atoms with Crippen molar-refractivity contribution in [3.05, 3.63) is 35.9 Å². The van der Waals surface area contributed by atoms with Crippen LogP contribution in [0.2, 0.25) is 0 Å². The second kappa shape index (κ2) is 9.02. The molecule has 2 heterocycles. The van der Waals surface area contributed by atoms with E-state index >= 15 is 0 Å². The molecule has 2 aliphatic rings. The molecule has 0 amide bonds. The number of thioether (sulfide) groups is 1. The molecule has 1 N–H and O–H groups in total. The van der Waals surface area contributed by atoms with Gasteiger partial charge in [-0.2, -0.15) is 11.8 Å². The van der Waals surface area contributed by atoms with Crippen LogP contribution in [0.15, 0.2) is 35.3 Å². The number of nitrogens with zero attached hydrogens (tertiary/aromatic N) is 3. The van der Waals surface area contributed by atoms with Crippen LogP contribution in [-0.2, 0) is 0 Å². The molecule has 2 aliphatic heterocycles. The number of nitrogens with one attached hydrogen (secondary N) is 1. The van der Waals surface area contributed by atoms with Crippen LogP contribution in [0.1, 0.15) is 18.4 Å². The predicted octanol–water partition coefficient (Wildman–Crippen LogP) is 2.80. The van der Waals surface area contributed by atoms with Gasteiger partial charge in [0.1, 0.15) is 5.75 Å². The number of hydrogen-bond acceptors (Lipinski definition) is 4. The second-order valence-corrected chi connectivity index (χ2v) is 8.58. The van der Waals surface area contributed by atoms with E-state index in [2.05, 4.69) is 70.2 Å². The van der Waals surface area contributed by atoms with Gasteiger partial charge in [-0.05, 0) is 56.0 Å². The Morgan fingerprint density at radius 2 is 2.26 bits per heavy atom. The smallest absolute Gasteiger partial charge is 0.194 e. The number of methoxy groups -OCH3 is 1. The van der Waals surface area contributed by atoms with E-state index in [1.165, 1.54) is 29.1 Å². The van der Waals surface area contributed by atoms with Crippen molar-refractivity contribution in [3.63, 3.8) is 0 Å². The molecule has 3 rings (SSSR count). The van der Waals surface area contributed by atoms with E-state index in [0.717, 1.165) is 37.8 Å². The molecular formula is C21H32N4OS. The monoisotopic (exact) mass is 388 g/mol. The van der Waals surface area contributed by atoms with Crippen molar-refractivity contribution in [2.24, 2.45) is 4.99 Å². The summed E-state index contributed by atoms with van der Waals surface area (Å²) < 4.78 is 5.36. The van der Waals surface area contributed by atoms with Gasteiger partial charge in [0.05, 0.1) is 7.11 Å². The minimum atomic E-state index is 0.234. The van der Waals surface area contributed by atoms with Crippen LogP contribution < -0.4 is 10.1 Å². The summed E-state index contributed by atoms with van der Waals surface area (Å²) >= 11 is 2.05. The Bertz CT molecular complexity index is 695. The summed E-state index contributed by atoms with van der Waals surface area (Å²) in [5, 5.41) is 3.65. The molecule has 27 heavy (non-hydrogen) atoms. The number of guanidine groups is 1. The molecule has 1 unspecified atom stereocenters. The maximum absolute atomic E-state index is 5.36. The summed E-state index contributed by atoms with van der Waals surface area (Å²) in [5.41, 5.74) is 2.88. The Morgan fingerprint density at radius 1 is 1.41 bits per heavy atom. The van der Waals surface area contributed by atoms with E-state index in [0.29, 0.717) is 0 Å². The lowest BCUT2D eigenvalue weighted by atomic mass is 9.97. The quantitative estimate of drug-likeness (QED) is 0.620. The molecule has 6 heteroatoms. The fourth-order valence-corrected chi connectivity index (χ4v) is 5.32. The normalized spacial score (nSPS) is 23.5. The first-order valence-electron chi connectivity index (χ1n) is 9.62. The molecule has 1 atom stereocenters. The molecule has 0 bridgehead atoms. The lowest BCUT2D eigenvalue weighted by Crippen LogP contribution is -2.55. The van der Waals surface area contributed by atoms with Crippen LogP contribution in [0.25, 0.3) is 5.57 Å². The Kier molecular flexibility index (Phi) is 6.71. The van der Waals surface area contributed by atoms with Crippen molar-refractivity contribution < 1.29 is 4.74 Å². The average Bonchev–Trinajstić information content (AvgIpc) is 3.19. The SMILES string of the molecule is CN=C(NCC1(N(C)C)CCSC1)N1CC=C(c2cccc(OC)c2)CC1. The van der Waals surface area contributed by atoms with E-state index in [4.69, 9.17) is 4.74 Å². The molecule has 148 valence electrons. The highest BCUT2D eigenvalue weighted by Gasteiger charge is 2.36. The second-order valence-electron chi connectivity index (χ2n) is 7.48. The number of benzene rings is 1. The molecule has 0 aliphatic carbocycles. The van der Waals surface area contributed by atoms with Gasteiger partial charge in [0, 0.05) is 38.0 Å². The largest absolute Gasteiger partial charge is 0.497 e. The molecule has 0 spiro atoms. The lowest BCUT2D eigenvalue weighted by molar-refractivity contribution is 0.181. The van der Waals surface area contributed by atoms with E-state index in [-0.39, 0.29) is 5.54 Å². The van der Waals surface area contributed by atoms with Gasteiger partial charge in [-0.15, -0.1) is 0 Å². The molecule has 0 radical (unpaired) electrons. The fourth-order valence-electron chi connectivity index (χ4n) is 3.77. The van der Waals surface area contributed by atoms with Crippen LogP contribution in [0.5, 0.6) is 5.75 Å². The highest BCUT2D eigenvalue weighted by Crippen LogP contribution is 2.31. The number of rotatable bonds is 5.